The van der Waals surface area contributed by atoms with Crippen molar-refractivity contribution in [3.8, 4) is 0 Å². The molecule has 2 aromatic heterocycles. The van der Waals surface area contributed by atoms with Crippen LogP contribution in [0.15, 0.2) is 42.9 Å². The Morgan fingerprint density at radius 1 is 1.27 bits per heavy atom. The Morgan fingerprint density at radius 2 is 2.12 bits per heavy atom. The molecule has 6 nitrogen and oxygen atoms in total. The second-order valence-corrected chi connectivity index (χ2v) is 6.93. The van der Waals surface area contributed by atoms with Crippen molar-refractivity contribution in [3.05, 3.63) is 54.1 Å². The topological polar surface area (TPSA) is 82.7 Å². The molecule has 0 atom stereocenters. The molecule has 0 bridgehead atoms. The van der Waals surface area contributed by atoms with Gasteiger partial charge in [0, 0.05) is 54.3 Å². The molecule has 1 aliphatic rings. The van der Waals surface area contributed by atoms with Crippen LogP contribution >= 0.6 is 0 Å². The molecule has 1 aliphatic carbocycles. The summed E-state index contributed by atoms with van der Waals surface area (Å²) in [6.45, 7) is 2.38. The van der Waals surface area contributed by atoms with E-state index in [1.54, 1.807) is 13.3 Å². The third-order valence-corrected chi connectivity index (χ3v) is 5.03. The van der Waals surface area contributed by atoms with Crippen molar-refractivity contribution in [2.45, 2.75) is 38.1 Å². The summed E-state index contributed by atoms with van der Waals surface area (Å²) in [6.07, 6.45) is 6.53. The molecule has 0 radical (unpaired) electrons. The van der Waals surface area contributed by atoms with Crippen LogP contribution in [0.3, 0.4) is 0 Å². The number of anilines is 1. The van der Waals surface area contributed by atoms with Crippen molar-refractivity contribution in [2.24, 2.45) is 0 Å². The molecule has 0 unspecified atom stereocenters. The fraction of sp³-hybridized carbons (Fsp3) is 0.350. The number of nitrogens with zero attached hydrogens (tertiary/aromatic N) is 2. The molecular formula is C20H23N5O. The number of fused-ring (bicyclic) bond motifs is 1. The number of aromatic nitrogens is 3. The van der Waals surface area contributed by atoms with Crippen LogP contribution in [0.5, 0.6) is 0 Å². The van der Waals surface area contributed by atoms with E-state index in [0.29, 0.717) is 5.92 Å². The van der Waals surface area contributed by atoms with Crippen molar-refractivity contribution in [2.75, 3.05) is 11.9 Å². The fourth-order valence-corrected chi connectivity index (χ4v) is 3.62. The summed E-state index contributed by atoms with van der Waals surface area (Å²) in [5.41, 5.74) is 3.53. The maximum absolute atomic E-state index is 11.1. The van der Waals surface area contributed by atoms with Crippen molar-refractivity contribution in [1.29, 1.82) is 0 Å². The highest BCUT2D eigenvalue weighted by molar-refractivity contribution is 5.83. The summed E-state index contributed by atoms with van der Waals surface area (Å²) >= 11 is 0. The number of H-pyrrole nitrogens is 1. The van der Waals surface area contributed by atoms with E-state index in [1.165, 1.54) is 16.5 Å². The maximum atomic E-state index is 11.1. The third-order valence-electron chi connectivity index (χ3n) is 5.03. The van der Waals surface area contributed by atoms with Gasteiger partial charge in [-0.25, -0.2) is 9.97 Å². The van der Waals surface area contributed by atoms with Crippen molar-refractivity contribution < 1.29 is 4.79 Å². The molecule has 3 N–H and O–H groups in total. The number of carbonyl (C=O) groups excluding carboxylic acids is 1. The Hall–Kier alpha value is -2.89. The van der Waals surface area contributed by atoms with E-state index in [0.717, 1.165) is 37.3 Å². The van der Waals surface area contributed by atoms with E-state index >= 15 is 0 Å². The molecule has 1 amide bonds. The lowest BCUT2D eigenvalue weighted by molar-refractivity contribution is -0.120. The van der Waals surface area contributed by atoms with Gasteiger partial charge in [-0.15, -0.1) is 0 Å². The van der Waals surface area contributed by atoms with Gasteiger partial charge in [-0.1, -0.05) is 18.2 Å². The van der Waals surface area contributed by atoms with Gasteiger partial charge in [0.1, 0.15) is 12.1 Å². The lowest BCUT2D eigenvalue weighted by Crippen LogP contribution is -2.42. The van der Waals surface area contributed by atoms with E-state index in [2.05, 4.69) is 50.0 Å². The van der Waals surface area contributed by atoms with Gasteiger partial charge in [-0.2, -0.15) is 0 Å². The molecule has 134 valence electrons. The Balaban J connectivity index is 1.32. The standard InChI is InChI=1S/C20H23N5O/c1-13(26)25-16-8-15(9-16)19-10-20(24-12-23-19)21-7-6-14-11-22-18-5-3-2-4-17(14)18/h2-5,10-12,15-16,22H,6-9H2,1H3,(H,25,26)(H,21,23,24). The molecule has 0 spiro atoms. The highest BCUT2D eigenvalue weighted by Crippen LogP contribution is 2.36. The number of rotatable bonds is 6. The summed E-state index contributed by atoms with van der Waals surface area (Å²) in [6, 6.07) is 10.7. The lowest BCUT2D eigenvalue weighted by Gasteiger charge is -2.35. The van der Waals surface area contributed by atoms with Gasteiger partial charge in [0.2, 0.25) is 5.91 Å². The van der Waals surface area contributed by atoms with Gasteiger partial charge in [0.15, 0.2) is 0 Å². The summed E-state index contributed by atoms with van der Waals surface area (Å²) in [5, 5.41) is 7.63. The molecule has 0 saturated heterocycles. The number of amides is 1. The average molecular weight is 349 g/mol. The van der Waals surface area contributed by atoms with Crippen molar-refractivity contribution in [1.82, 2.24) is 20.3 Å². The number of para-hydroxylation sites is 1. The van der Waals surface area contributed by atoms with Crippen LogP contribution in [0.1, 0.15) is 36.9 Å². The van der Waals surface area contributed by atoms with E-state index in [9.17, 15) is 4.79 Å². The predicted molar refractivity (Wildman–Crippen MR) is 102 cm³/mol. The maximum Gasteiger partial charge on any atom is 0.217 e. The first-order valence-corrected chi connectivity index (χ1v) is 9.07. The third kappa shape index (κ3) is 3.54. The van der Waals surface area contributed by atoms with Gasteiger partial charge in [0.25, 0.3) is 0 Å². The molecule has 6 heteroatoms. The Labute approximate surface area is 152 Å². The number of carbonyl (C=O) groups is 1. The van der Waals surface area contributed by atoms with Crippen molar-refractivity contribution >= 4 is 22.6 Å². The molecular weight excluding hydrogens is 326 g/mol. The number of hydrogen-bond acceptors (Lipinski definition) is 4. The zero-order chi connectivity index (χ0) is 17.9. The molecule has 3 aromatic rings. The Kier molecular flexibility index (Phi) is 4.56. The monoisotopic (exact) mass is 349 g/mol. The second-order valence-electron chi connectivity index (χ2n) is 6.93. The number of aromatic amines is 1. The molecule has 2 heterocycles. The van der Waals surface area contributed by atoms with Crippen LogP contribution < -0.4 is 10.6 Å². The molecule has 0 aliphatic heterocycles. The van der Waals surface area contributed by atoms with Crippen LogP contribution in [-0.4, -0.2) is 33.4 Å². The first-order chi connectivity index (χ1) is 12.7. The first-order valence-electron chi connectivity index (χ1n) is 9.07. The van der Waals surface area contributed by atoms with Gasteiger partial charge in [-0.05, 0) is 30.9 Å². The second kappa shape index (κ2) is 7.15. The average Bonchev–Trinajstić information content (AvgIpc) is 3.01. The zero-order valence-corrected chi connectivity index (χ0v) is 14.8. The quantitative estimate of drug-likeness (QED) is 0.639. The smallest absolute Gasteiger partial charge is 0.217 e. The van der Waals surface area contributed by atoms with Gasteiger partial charge in [-0.3, -0.25) is 4.79 Å². The Bertz CT molecular complexity index is 913. The van der Waals surface area contributed by atoms with Crippen LogP contribution in [0.4, 0.5) is 5.82 Å². The summed E-state index contributed by atoms with van der Waals surface area (Å²) in [5.74, 6) is 1.30. The molecule has 1 fully saturated rings. The largest absolute Gasteiger partial charge is 0.370 e. The molecule has 1 aromatic carbocycles. The zero-order valence-electron chi connectivity index (χ0n) is 14.8. The van der Waals surface area contributed by atoms with Gasteiger partial charge in [0.05, 0.1) is 0 Å². The summed E-state index contributed by atoms with van der Waals surface area (Å²) < 4.78 is 0. The van der Waals surface area contributed by atoms with Crippen molar-refractivity contribution in [3.63, 3.8) is 0 Å². The van der Waals surface area contributed by atoms with E-state index in [4.69, 9.17) is 0 Å². The minimum atomic E-state index is 0.0378. The molecule has 26 heavy (non-hydrogen) atoms. The normalized spacial score (nSPS) is 19.1. The minimum absolute atomic E-state index is 0.0378. The molecule has 1 saturated carbocycles. The molecule has 4 rings (SSSR count). The van der Waals surface area contributed by atoms with Crippen LogP contribution in [-0.2, 0) is 11.2 Å². The van der Waals surface area contributed by atoms with E-state index in [-0.39, 0.29) is 11.9 Å². The van der Waals surface area contributed by atoms with E-state index < -0.39 is 0 Å². The lowest BCUT2D eigenvalue weighted by atomic mass is 9.78. The predicted octanol–water partition coefficient (Wildman–Crippen LogP) is 2.99. The summed E-state index contributed by atoms with van der Waals surface area (Å²) in [4.78, 5) is 23.1. The first kappa shape index (κ1) is 16.6. The highest BCUT2D eigenvalue weighted by atomic mass is 16.1. The van der Waals surface area contributed by atoms with Gasteiger partial charge >= 0.3 is 0 Å². The SMILES string of the molecule is CC(=O)NC1CC(c2cc(NCCc3c[nH]c4ccccc34)ncn2)C1. The highest BCUT2D eigenvalue weighted by Gasteiger charge is 2.31. The number of nitrogens with one attached hydrogen (secondary N) is 3. The van der Waals surface area contributed by atoms with Crippen LogP contribution in [0.2, 0.25) is 0 Å². The number of benzene rings is 1. The fourth-order valence-electron chi connectivity index (χ4n) is 3.62. The van der Waals surface area contributed by atoms with Crippen LogP contribution in [0, 0.1) is 0 Å². The van der Waals surface area contributed by atoms with Gasteiger partial charge < -0.3 is 15.6 Å². The van der Waals surface area contributed by atoms with E-state index in [1.807, 2.05) is 12.1 Å². The summed E-state index contributed by atoms with van der Waals surface area (Å²) in [7, 11) is 0. The number of hydrogen-bond donors (Lipinski definition) is 3. The van der Waals surface area contributed by atoms with Crippen LogP contribution in [0.25, 0.3) is 10.9 Å². The Morgan fingerprint density at radius 3 is 2.96 bits per heavy atom. The minimum Gasteiger partial charge on any atom is -0.370 e.